The molecule has 0 aliphatic carbocycles. The van der Waals surface area contributed by atoms with E-state index in [2.05, 4.69) is 15.3 Å². The highest BCUT2D eigenvalue weighted by Crippen LogP contribution is 2.33. The Balaban J connectivity index is 1.78. The van der Waals surface area contributed by atoms with Gasteiger partial charge in [0.05, 0.1) is 28.5 Å². The van der Waals surface area contributed by atoms with Crippen molar-refractivity contribution in [3.63, 3.8) is 0 Å². The van der Waals surface area contributed by atoms with Gasteiger partial charge in [-0.15, -0.1) is 0 Å². The molecule has 0 spiro atoms. The van der Waals surface area contributed by atoms with Crippen molar-refractivity contribution in [1.82, 2.24) is 14.5 Å². The monoisotopic (exact) mass is 494 g/mol. The van der Waals surface area contributed by atoms with Crippen LogP contribution in [0, 0.1) is 12.7 Å². The van der Waals surface area contributed by atoms with Crippen molar-refractivity contribution < 1.29 is 21.6 Å². The van der Waals surface area contributed by atoms with Crippen LogP contribution in [0.5, 0.6) is 0 Å². The first kappa shape index (κ1) is 24.2. The molecule has 1 aliphatic rings. The lowest BCUT2D eigenvalue weighted by Gasteiger charge is -2.25. The van der Waals surface area contributed by atoms with Gasteiger partial charge in [-0.05, 0) is 32.8 Å². The smallest absolute Gasteiger partial charge is 0.277 e. The molecule has 7 nitrogen and oxygen atoms in total. The predicted molar refractivity (Wildman–Crippen MR) is 124 cm³/mol. The van der Waals surface area contributed by atoms with Crippen LogP contribution in [-0.2, 0) is 16.9 Å². The molecule has 1 atom stereocenters. The van der Waals surface area contributed by atoms with Gasteiger partial charge in [-0.2, -0.15) is 0 Å². The number of halogens is 3. The summed E-state index contributed by atoms with van der Waals surface area (Å²) in [6.07, 6.45) is -2.14. The average molecular weight is 495 g/mol. The summed E-state index contributed by atoms with van der Waals surface area (Å²) in [6.45, 7) is 3.23. The Hall–Kier alpha value is -2.95. The maximum atomic E-state index is 14.7. The molecule has 0 radical (unpaired) electrons. The first-order chi connectivity index (χ1) is 16.0. The summed E-state index contributed by atoms with van der Waals surface area (Å²) in [4.78, 5) is 21.8. The predicted octanol–water partition coefficient (Wildman–Crippen LogP) is 4.18. The number of benzene rings is 1. The van der Waals surface area contributed by atoms with Gasteiger partial charge in [0.15, 0.2) is 0 Å². The molecular weight excluding hydrogens is 469 g/mol. The van der Waals surface area contributed by atoms with Gasteiger partial charge in [0, 0.05) is 24.2 Å². The molecule has 1 N–H and O–H groups in total. The number of pyridine rings is 1. The fraction of sp³-hybridized carbons (Fsp3) is 0.435. The Labute approximate surface area is 195 Å². The Morgan fingerprint density at radius 2 is 1.79 bits per heavy atom. The van der Waals surface area contributed by atoms with Crippen LogP contribution < -0.4 is 10.9 Å². The Kier molecular flexibility index (Phi) is 6.41. The van der Waals surface area contributed by atoms with Crippen molar-refractivity contribution in [2.75, 3.05) is 16.8 Å². The summed E-state index contributed by atoms with van der Waals surface area (Å²) in [5.41, 5.74) is -0.157. The van der Waals surface area contributed by atoms with E-state index in [1.807, 2.05) is 0 Å². The number of aryl methyl sites for hydroxylation is 1. The molecule has 4 rings (SSSR count). The van der Waals surface area contributed by atoms with E-state index in [9.17, 15) is 26.4 Å². The zero-order chi connectivity index (χ0) is 24.8. The fourth-order valence-electron chi connectivity index (χ4n) is 4.44. The molecule has 1 saturated heterocycles. The van der Waals surface area contributed by atoms with Crippen molar-refractivity contribution in [2.24, 2.45) is 7.05 Å². The first-order valence-corrected chi connectivity index (χ1v) is 12.7. The minimum Gasteiger partial charge on any atom is -0.363 e. The summed E-state index contributed by atoms with van der Waals surface area (Å²) >= 11 is 0. The van der Waals surface area contributed by atoms with E-state index in [1.165, 1.54) is 16.7 Å². The van der Waals surface area contributed by atoms with E-state index in [4.69, 9.17) is 0 Å². The van der Waals surface area contributed by atoms with Gasteiger partial charge in [-0.25, -0.2) is 31.6 Å². The van der Waals surface area contributed by atoms with Crippen LogP contribution in [0.25, 0.3) is 10.9 Å². The summed E-state index contributed by atoms with van der Waals surface area (Å²) in [6, 6.07) is 4.86. The summed E-state index contributed by atoms with van der Waals surface area (Å²) in [5, 5.41) is 3.47. The van der Waals surface area contributed by atoms with Crippen molar-refractivity contribution in [1.29, 1.82) is 0 Å². The molecule has 0 unspecified atom stereocenters. The molecule has 2 aromatic heterocycles. The molecule has 1 aliphatic heterocycles. The lowest BCUT2D eigenvalue weighted by Crippen LogP contribution is -2.28. The van der Waals surface area contributed by atoms with E-state index >= 15 is 0 Å². The third-order valence-corrected chi connectivity index (χ3v) is 8.05. The van der Waals surface area contributed by atoms with Gasteiger partial charge < -0.3 is 9.88 Å². The van der Waals surface area contributed by atoms with E-state index in [1.54, 1.807) is 27.0 Å². The molecule has 182 valence electrons. The van der Waals surface area contributed by atoms with Crippen LogP contribution in [0.1, 0.15) is 60.8 Å². The number of nitrogens with zero attached hydrogens (tertiary/aromatic N) is 3. The summed E-state index contributed by atoms with van der Waals surface area (Å²) in [5.74, 6) is -0.423. The van der Waals surface area contributed by atoms with Crippen molar-refractivity contribution >= 4 is 26.6 Å². The zero-order valence-corrected chi connectivity index (χ0v) is 19.8. The minimum absolute atomic E-state index is 0.0451. The van der Waals surface area contributed by atoms with E-state index in [-0.39, 0.29) is 39.9 Å². The standard InChI is InChI=1S/C23H25F3N4O3S/c1-12(15-5-4-6-16(19(15)24)21(25)26)27-22-17-11-18(14-7-9-34(32,33)10-8-14)30(3)23(31)20(17)28-13(2)29-22/h4-6,11-12,14,21H,7-10H2,1-3H3,(H,27,28,29)/t12-/m1/s1. The maximum absolute atomic E-state index is 14.7. The number of rotatable bonds is 5. The number of hydrogen-bond acceptors (Lipinski definition) is 6. The topological polar surface area (TPSA) is 94.0 Å². The van der Waals surface area contributed by atoms with Crippen molar-refractivity contribution in [3.05, 3.63) is 63.1 Å². The second-order valence-electron chi connectivity index (χ2n) is 8.66. The van der Waals surface area contributed by atoms with Crippen LogP contribution in [0.2, 0.25) is 0 Å². The van der Waals surface area contributed by atoms with Crippen LogP contribution in [-0.4, -0.2) is 34.5 Å². The lowest BCUT2D eigenvalue weighted by molar-refractivity contribution is 0.146. The van der Waals surface area contributed by atoms with Crippen LogP contribution in [0.3, 0.4) is 0 Å². The number of aromatic nitrogens is 3. The average Bonchev–Trinajstić information content (AvgIpc) is 2.76. The summed E-state index contributed by atoms with van der Waals surface area (Å²) < 4.78 is 66.2. The Morgan fingerprint density at radius 3 is 2.44 bits per heavy atom. The molecule has 3 aromatic rings. The number of alkyl halides is 2. The Morgan fingerprint density at radius 1 is 1.15 bits per heavy atom. The third-order valence-electron chi connectivity index (χ3n) is 6.33. The molecule has 11 heteroatoms. The minimum atomic E-state index is -3.08. The van der Waals surface area contributed by atoms with Gasteiger partial charge >= 0.3 is 0 Å². The molecule has 0 saturated carbocycles. The van der Waals surface area contributed by atoms with Gasteiger partial charge in [-0.3, -0.25) is 4.79 Å². The molecule has 0 bridgehead atoms. The molecule has 1 fully saturated rings. The van der Waals surface area contributed by atoms with E-state index in [0.29, 0.717) is 29.7 Å². The van der Waals surface area contributed by atoms with Gasteiger partial charge in [-0.1, -0.05) is 18.2 Å². The van der Waals surface area contributed by atoms with E-state index in [0.717, 1.165) is 6.07 Å². The molecular formula is C23H25F3N4O3S. The second kappa shape index (κ2) is 9.01. The van der Waals surface area contributed by atoms with Crippen LogP contribution in [0.4, 0.5) is 19.0 Å². The number of nitrogens with one attached hydrogen (secondary N) is 1. The highest BCUT2D eigenvalue weighted by atomic mass is 32.2. The molecule has 34 heavy (non-hydrogen) atoms. The molecule has 3 heterocycles. The van der Waals surface area contributed by atoms with Crippen molar-refractivity contribution in [2.45, 2.75) is 45.1 Å². The SMILES string of the molecule is Cc1nc(N[C@H](C)c2cccc(C(F)F)c2F)c2cc(C3CCS(=O)(=O)CC3)n(C)c(=O)c2n1. The maximum Gasteiger partial charge on any atom is 0.277 e. The first-order valence-electron chi connectivity index (χ1n) is 10.9. The largest absolute Gasteiger partial charge is 0.363 e. The van der Waals surface area contributed by atoms with Gasteiger partial charge in [0.2, 0.25) is 0 Å². The quantitative estimate of drug-likeness (QED) is 0.572. The van der Waals surface area contributed by atoms with Crippen molar-refractivity contribution in [3.8, 4) is 0 Å². The van der Waals surface area contributed by atoms with Gasteiger partial charge in [0.1, 0.15) is 32.8 Å². The summed E-state index contributed by atoms with van der Waals surface area (Å²) in [7, 11) is -1.45. The number of anilines is 1. The molecule has 1 aromatic carbocycles. The lowest BCUT2D eigenvalue weighted by atomic mass is 9.96. The van der Waals surface area contributed by atoms with Crippen LogP contribution >= 0.6 is 0 Å². The third kappa shape index (κ3) is 4.53. The molecule has 0 amide bonds. The second-order valence-corrected chi connectivity index (χ2v) is 11.0. The van der Waals surface area contributed by atoms with Crippen LogP contribution in [0.15, 0.2) is 29.1 Å². The van der Waals surface area contributed by atoms with E-state index < -0.39 is 33.7 Å². The van der Waals surface area contributed by atoms with Gasteiger partial charge in [0.25, 0.3) is 12.0 Å². The number of sulfone groups is 1. The zero-order valence-electron chi connectivity index (χ0n) is 19.0. The Bertz CT molecular complexity index is 1410. The normalized spacial score (nSPS) is 17.3. The number of fused-ring (bicyclic) bond motifs is 1. The fourth-order valence-corrected chi connectivity index (χ4v) is 5.93. The highest BCUT2D eigenvalue weighted by Gasteiger charge is 2.28. The highest BCUT2D eigenvalue weighted by molar-refractivity contribution is 7.91. The number of hydrogen-bond donors (Lipinski definition) is 1.